The average molecular weight is 525 g/mol. The molecule has 0 N–H and O–H groups in total. The Morgan fingerprint density at radius 3 is 2.03 bits per heavy atom. The molecular formula is C34H54NO3+. The number of nitrogens with zero attached hydrogens (tertiary/aromatic N) is 1. The van der Waals surface area contributed by atoms with Crippen molar-refractivity contribution in [3.8, 4) is 5.75 Å². The Hall–Kier alpha value is -2.33. The molecule has 4 heteroatoms. The van der Waals surface area contributed by atoms with Crippen molar-refractivity contribution in [3.63, 3.8) is 0 Å². The third-order valence-electron chi connectivity index (χ3n) is 7.16. The van der Waals surface area contributed by atoms with Crippen LogP contribution in [0.3, 0.4) is 0 Å². The molecule has 0 amide bonds. The lowest BCUT2D eigenvalue weighted by atomic mass is 10.0. The van der Waals surface area contributed by atoms with E-state index in [-0.39, 0.29) is 5.97 Å². The molecule has 0 radical (unpaired) electrons. The monoisotopic (exact) mass is 524 g/mol. The van der Waals surface area contributed by atoms with Crippen LogP contribution in [0.1, 0.15) is 102 Å². The molecule has 0 heterocycles. The van der Waals surface area contributed by atoms with Crippen molar-refractivity contribution >= 4 is 5.97 Å². The van der Waals surface area contributed by atoms with Gasteiger partial charge in [-0.2, -0.15) is 0 Å². The summed E-state index contributed by atoms with van der Waals surface area (Å²) in [6.45, 7) is 5.32. The Bertz CT molecular complexity index is 848. The van der Waals surface area contributed by atoms with Gasteiger partial charge in [-0.1, -0.05) is 101 Å². The number of rotatable bonds is 22. The summed E-state index contributed by atoms with van der Waals surface area (Å²) in [4.78, 5) is 12.1. The molecule has 0 spiro atoms. The van der Waals surface area contributed by atoms with Crippen molar-refractivity contribution in [2.24, 2.45) is 0 Å². The number of unbranched alkanes of at least 4 members (excludes halogenated alkanes) is 9. The molecule has 0 aliphatic heterocycles. The first-order valence-electron chi connectivity index (χ1n) is 15.2. The highest BCUT2D eigenvalue weighted by Crippen LogP contribution is 2.16. The lowest BCUT2D eigenvalue weighted by Crippen LogP contribution is -2.39. The second-order valence-corrected chi connectivity index (χ2v) is 11.4. The molecule has 0 aliphatic rings. The summed E-state index contributed by atoms with van der Waals surface area (Å²) in [5, 5.41) is 0. The van der Waals surface area contributed by atoms with Crippen molar-refractivity contribution in [1.82, 2.24) is 0 Å². The minimum atomic E-state index is -0.0980. The van der Waals surface area contributed by atoms with E-state index in [4.69, 9.17) is 9.47 Å². The van der Waals surface area contributed by atoms with E-state index in [9.17, 15) is 4.79 Å². The number of hydrogen-bond donors (Lipinski definition) is 0. The van der Waals surface area contributed by atoms with Crippen LogP contribution in [0.2, 0.25) is 0 Å². The summed E-state index contributed by atoms with van der Waals surface area (Å²) in [6.07, 6.45) is 16.5. The van der Waals surface area contributed by atoms with Gasteiger partial charge in [0.25, 0.3) is 0 Å². The third-order valence-corrected chi connectivity index (χ3v) is 7.16. The fraction of sp³-hybridized carbons (Fsp3) is 0.618. The molecule has 0 bridgehead atoms. The number of quaternary nitrogens is 1. The summed E-state index contributed by atoms with van der Waals surface area (Å²) in [7, 11) is 4.49. The molecule has 0 atom stereocenters. The van der Waals surface area contributed by atoms with Crippen LogP contribution in [0, 0.1) is 0 Å². The Balaban J connectivity index is 1.44. The molecule has 212 valence electrons. The van der Waals surface area contributed by atoms with Crippen LogP contribution in [0.25, 0.3) is 0 Å². The van der Waals surface area contributed by atoms with Crippen LogP contribution in [0.4, 0.5) is 0 Å². The highest BCUT2D eigenvalue weighted by molar-refractivity contribution is 5.69. The summed E-state index contributed by atoms with van der Waals surface area (Å²) < 4.78 is 12.2. The molecule has 4 nitrogen and oxygen atoms in total. The molecule has 0 fully saturated rings. The second-order valence-electron chi connectivity index (χ2n) is 11.4. The van der Waals surface area contributed by atoms with Crippen LogP contribution in [0.5, 0.6) is 5.75 Å². The van der Waals surface area contributed by atoms with E-state index >= 15 is 0 Å². The number of carbonyl (C=O) groups excluding carboxylic acids is 1. The van der Waals surface area contributed by atoms with Gasteiger partial charge in [-0.15, -0.1) is 0 Å². The average Bonchev–Trinajstić information content (AvgIpc) is 2.91. The SMILES string of the molecule is CCCCCCCCCCCc1ccc(OCCCOC(=O)CCCC[N+](C)(C)Cc2ccccc2)cc1. The number of carbonyl (C=O) groups is 1. The Morgan fingerprint density at radius 1 is 0.684 bits per heavy atom. The smallest absolute Gasteiger partial charge is 0.305 e. The fourth-order valence-corrected chi connectivity index (χ4v) is 4.87. The van der Waals surface area contributed by atoms with Crippen molar-refractivity contribution in [1.29, 1.82) is 0 Å². The maximum absolute atomic E-state index is 12.1. The normalized spacial score (nSPS) is 11.4. The molecule has 2 rings (SSSR count). The van der Waals surface area contributed by atoms with Gasteiger partial charge in [0.05, 0.1) is 33.9 Å². The Kier molecular flexibility index (Phi) is 16.5. The number of hydrogen-bond acceptors (Lipinski definition) is 3. The molecule has 0 saturated carbocycles. The predicted molar refractivity (Wildman–Crippen MR) is 159 cm³/mol. The first-order valence-corrected chi connectivity index (χ1v) is 15.2. The molecule has 2 aromatic rings. The lowest BCUT2D eigenvalue weighted by Gasteiger charge is -2.30. The van der Waals surface area contributed by atoms with Crippen LogP contribution in [-0.2, 0) is 22.5 Å². The highest BCUT2D eigenvalue weighted by Gasteiger charge is 2.15. The van der Waals surface area contributed by atoms with Gasteiger partial charge in [-0.3, -0.25) is 4.79 Å². The highest BCUT2D eigenvalue weighted by atomic mass is 16.5. The first-order chi connectivity index (χ1) is 18.5. The van der Waals surface area contributed by atoms with Crippen LogP contribution in [0.15, 0.2) is 54.6 Å². The van der Waals surface area contributed by atoms with Gasteiger partial charge in [0.15, 0.2) is 0 Å². The van der Waals surface area contributed by atoms with E-state index in [1.807, 2.05) is 0 Å². The summed E-state index contributed by atoms with van der Waals surface area (Å²) >= 11 is 0. The fourth-order valence-electron chi connectivity index (χ4n) is 4.87. The molecule has 38 heavy (non-hydrogen) atoms. The molecule has 0 unspecified atom stereocenters. The Labute approximate surface area is 233 Å². The quantitative estimate of drug-likeness (QED) is 0.0879. The topological polar surface area (TPSA) is 35.5 Å². The van der Waals surface area contributed by atoms with Gasteiger partial charge >= 0.3 is 5.97 Å². The van der Waals surface area contributed by atoms with Gasteiger partial charge in [0.2, 0.25) is 0 Å². The molecule has 0 saturated heterocycles. The van der Waals surface area contributed by atoms with Crippen molar-refractivity contribution in [3.05, 3.63) is 65.7 Å². The maximum atomic E-state index is 12.1. The van der Waals surface area contributed by atoms with Gasteiger partial charge in [0, 0.05) is 18.4 Å². The largest absolute Gasteiger partial charge is 0.493 e. The van der Waals surface area contributed by atoms with E-state index in [2.05, 4.69) is 75.6 Å². The number of aryl methyl sites for hydroxylation is 1. The summed E-state index contributed by atoms with van der Waals surface area (Å²) in [5.41, 5.74) is 2.74. The molecular weight excluding hydrogens is 470 g/mol. The van der Waals surface area contributed by atoms with Crippen LogP contribution >= 0.6 is 0 Å². The van der Waals surface area contributed by atoms with E-state index in [0.717, 1.165) is 42.6 Å². The van der Waals surface area contributed by atoms with Gasteiger partial charge in [-0.25, -0.2) is 0 Å². The standard InChI is InChI=1S/C34H54NO3/c1-4-5-6-7-8-9-10-11-13-19-31-23-25-33(26-24-31)37-28-18-29-38-34(36)22-16-17-27-35(2,3)30-32-20-14-12-15-21-32/h12,14-15,20-21,23-26H,4-11,13,16-19,22,27-30H2,1-3H3/q+1. The number of esters is 1. The van der Waals surface area contributed by atoms with Crippen molar-refractivity contribution < 1.29 is 18.8 Å². The van der Waals surface area contributed by atoms with Crippen LogP contribution < -0.4 is 4.74 Å². The number of benzene rings is 2. The minimum absolute atomic E-state index is 0.0980. The summed E-state index contributed by atoms with van der Waals surface area (Å²) in [5.74, 6) is 0.794. The summed E-state index contributed by atoms with van der Waals surface area (Å²) in [6, 6.07) is 19.1. The van der Waals surface area contributed by atoms with Gasteiger partial charge in [-0.05, 0) is 43.4 Å². The zero-order chi connectivity index (χ0) is 27.3. The van der Waals surface area contributed by atoms with E-state index in [0.29, 0.717) is 26.1 Å². The van der Waals surface area contributed by atoms with Crippen molar-refractivity contribution in [2.75, 3.05) is 33.9 Å². The third kappa shape index (κ3) is 15.8. The maximum Gasteiger partial charge on any atom is 0.305 e. The zero-order valence-electron chi connectivity index (χ0n) is 24.6. The first kappa shape index (κ1) is 31.9. The molecule has 0 aromatic heterocycles. The Morgan fingerprint density at radius 2 is 1.34 bits per heavy atom. The van der Waals surface area contributed by atoms with Crippen LogP contribution in [-0.4, -0.2) is 44.3 Å². The zero-order valence-corrected chi connectivity index (χ0v) is 24.6. The lowest BCUT2D eigenvalue weighted by molar-refractivity contribution is -0.903. The number of ether oxygens (including phenoxy) is 2. The van der Waals surface area contributed by atoms with E-state index in [1.54, 1.807) is 0 Å². The van der Waals surface area contributed by atoms with E-state index in [1.165, 1.54) is 68.9 Å². The predicted octanol–water partition coefficient (Wildman–Crippen LogP) is 8.52. The second kappa shape index (κ2) is 19.7. The van der Waals surface area contributed by atoms with Crippen molar-refractivity contribution in [2.45, 2.75) is 103 Å². The molecule has 0 aliphatic carbocycles. The van der Waals surface area contributed by atoms with Gasteiger partial charge < -0.3 is 14.0 Å². The van der Waals surface area contributed by atoms with Gasteiger partial charge in [0.1, 0.15) is 12.3 Å². The van der Waals surface area contributed by atoms with E-state index < -0.39 is 0 Å². The molecule has 2 aromatic carbocycles. The minimum Gasteiger partial charge on any atom is -0.493 e.